The molecule has 7 heteroatoms. The molecule has 0 spiro atoms. The Balaban J connectivity index is 1.77. The third kappa shape index (κ3) is 5.93. The minimum atomic E-state index is -0.551. The van der Waals surface area contributed by atoms with Crippen LogP contribution in [-0.4, -0.2) is 18.4 Å². The Labute approximate surface area is 149 Å². The third-order valence-electron chi connectivity index (χ3n) is 3.15. The number of benzene rings is 2. The molecule has 0 fully saturated rings. The van der Waals surface area contributed by atoms with Gasteiger partial charge in [-0.25, -0.2) is 4.39 Å². The van der Waals surface area contributed by atoms with Crippen molar-refractivity contribution in [2.24, 2.45) is 0 Å². The van der Waals surface area contributed by atoms with Crippen LogP contribution in [0.5, 0.6) is 5.75 Å². The molecule has 0 aromatic heterocycles. The van der Waals surface area contributed by atoms with Crippen molar-refractivity contribution in [1.82, 2.24) is 10.9 Å². The van der Waals surface area contributed by atoms with Crippen LogP contribution in [0.4, 0.5) is 4.39 Å². The number of halogens is 2. The van der Waals surface area contributed by atoms with Gasteiger partial charge in [-0.1, -0.05) is 35.9 Å². The first-order valence-electron chi connectivity index (χ1n) is 7.36. The number of hydrogen-bond acceptors (Lipinski definition) is 3. The van der Waals surface area contributed by atoms with Gasteiger partial charge >= 0.3 is 0 Å². The second-order valence-electron chi connectivity index (χ2n) is 5.10. The van der Waals surface area contributed by atoms with Gasteiger partial charge in [-0.05, 0) is 42.3 Å². The van der Waals surface area contributed by atoms with E-state index in [1.165, 1.54) is 30.4 Å². The number of hydrazine groups is 1. The molecule has 2 amide bonds. The van der Waals surface area contributed by atoms with Gasteiger partial charge < -0.3 is 4.74 Å². The van der Waals surface area contributed by atoms with Gasteiger partial charge in [-0.3, -0.25) is 20.4 Å². The van der Waals surface area contributed by atoms with Gasteiger partial charge in [0.15, 0.2) is 6.61 Å². The Kier molecular flexibility index (Phi) is 6.54. The summed E-state index contributed by atoms with van der Waals surface area (Å²) in [5.74, 6) is -0.999. The molecule has 130 valence electrons. The number of aryl methyl sites for hydroxylation is 1. The summed E-state index contributed by atoms with van der Waals surface area (Å²) in [6.07, 6.45) is 2.63. The average Bonchev–Trinajstić information content (AvgIpc) is 2.60. The van der Waals surface area contributed by atoms with Gasteiger partial charge in [0.05, 0.1) is 5.02 Å². The van der Waals surface area contributed by atoms with Crippen LogP contribution in [0.3, 0.4) is 0 Å². The van der Waals surface area contributed by atoms with E-state index in [0.29, 0.717) is 11.3 Å². The topological polar surface area (TPSA) is 67.4 Å². The lowest BCUT2D eigenvalue weighted by atomic mass is 10.2. The standard InChI is InChI=1S/C18H16ClFN2O3/c1-12-4-2-3-5-16(12)25-11-18(24)22-21-17(23)9-7-13-6-8-15(20)14(19)10-13/h2-10H,11H2,1H3,(H,21,23)(H,22,24)/b9-7+. The van der Waals surface area contributed by atoms with Crippen molar-refractivity contribution in [3.63, 3.8) is 0 Å². The maximum absolute atomic E-state index is 13.0. The minimum absolute atomic E-state index is 0.0378. The number of carbonyl (C=O) groups excluding carboxylic acids is 2. The maximum Gasteiger partial charge on any atom is 0.276 e. The Hall–Kier alpha value is -2.86. The molecular formula is C18H16ClFN2O3. The lowest BCUT2D eigenvalue weighted by Gasteiger charge is -2.09. The zero-order chi connectivity index (χ0) is 18.2. The SMILES string of the molecule is Cc1ccccc1OCC(=O)NNC(=O)/C=C/c1ccc(F)c(Cl)c1. The van der Waals surface area contributed by atoms with Gasteiger partial charge in [-0.2, -0.15) is 0 Å². The summed E-state index contributed by atoms with van der Waals surface area (Å²) in [4.78, 5) is 23.3. The predicted molar refractivity (Wildman–Crippen MR) is 93.4 cm³/mol. The number of rotatable bonds is 5. The molecule has 0 bridgehead atoms. The Bertz CT molecular complexity index is 809. The lowest BCUT2D eigenvalue weighted by Crippen LogP contribution is -2.43. The molecule has 0 aliphatic rings. The van der Waals surface area contributed by atoms with E-state index in [1.54, 1.807) is 12.1 Å². The van der Waals surface area contributed by atoms with Gasteiger partial charge in [0, 0.05) is 6.08 Å². The summed E-state index contributed by atoms with van der Waals surface area (Å²) in [5.41, 5.74) is 5.90. The number of amides is 2. The van der Waals surface area contributed by atoms with Crippen LogP contribution in [0.15, 0.2) is 48.5 Å². The molecule has 2 rings (SSSR count). The number of nitrogens with one attached hydrogen (secondary N) is 2. The molecule has 5 nitrogen and oxygen atoms in total. The molecule has 0 radical (unpaired) electrons. The Morgan fingerprint density at radius 3 is 2.68 bits per heavy atom. The summed E-state index contributed by atoms with van der Waals surface area (Å²) >= 11 is 5.65. The van der Waals surface area contributed by atoms with Crippen molar-refractivity contribution < 1.29 is 18.7 Å². The molecule has 0 unspecified atom stereocenters. The van der Waals surface area contributed by atoms with Crippen molar-refractivity contribution >= 4 is 29.5 Å². The molecule has 0 atom stereocenters. The smallest absolute Gasteiger partial charge is 0.276 e. The van der Waals surface area contributed by atoms with Crippen molar-refractivity contribution in [3.8, 4) is 5.75 Å². The van der Waals surface area contributed by atoms with E-state index in [2.05, 4.69) is 10.9 Å². The van der Waals surface area contributed by atoms with E-state index >= 15 is 0 Å². The number of ether oxygens (including phenoxy) is 1. The van der Waals surface area contributed by atoms with Crippen LogP contribution in [0.1, 0.15) is 11.1 Å². The van der Waals surface area contributed by atoms with Crippen molar-refractivity contribution in [2.45, 2.75) is 6.92 Å². The molecule has 2 N–H and O–H groups in total. The largest absolute Gasteiger partial charge is 0.483 e. The van der Waals surface area contributed by atoms with Crippen LogP contribution in [0, 0.1) is 12.7 Å². The van der Waals surface area contributed by atoms with Crippen LogP contribution >= 0.6 is 11.6 Å². The molecule has 25 heavy (non-hydrogen) atoms. The van der Waals surface area contributed by atoms with Crippen LogP contribution < -0.4 is 15.6 Å². The van der Waals surface area contributed by atoms with Crippen molar-refractivity contribution in [1.29, 1.82) is 0 Å². The van der Waals surface area contributed by atoms with E-state index < -0.39 is 17.6 Å². The first kappa shape index (κ1) is 18.5. The maximum atomic E-state index is 13.0. The molecule has 2 aromatic carbocycles. The predicted octanol–water partition coefficient (Wildman–Crippen LogP) is 3.03. The second kappa shape index (κ2) is 8.84. The van der Waals surface area contributed by atoms with E-state index in [0.717, 1.165) is 5.56 Å². The Morgan fingerprint density at radius 2 is 1.96 bits per heavy atom. The quantitative estimate of drug-likeness (QED) is 0.634. The molecule has 0 saturated carbocycles. The normalized spacial score (nSPS) is 10.5. The fourth-order valence-electron chi connectivity index (χ4n) is 1.86. The summed E-state index contributed by atoms with van der Waals surface area (Å²) in [6, 6.07) is 11.3. The molecular weight excluding hydrogens is 347 g/mol. The summed E-state index contributed by atoms with van der Waals surface area (Å²) in [7, 11) is 0. The van der Waals surface area contributed by atoms with Crippen LogP contribution in [0.2, 0.25) is 5.02 Å². The van der Waals surface area contributed by atoms with Crippen LogP contribution in [-0.2, 0) is 9.59 Å². The van der Waals surface area contributed by atoms with Crippen LogP contribution in [0.25, 0.3) is 6.08 Å². The van der Waals surface area contributed by atoms with Crippen molar-refractivity contribution in [2.75, 3.05) is 6.61 Å². The number of carbonyl (C=O) groups is 2. The van der Waals surface area contributed by atoms with E-state index in [-0.39, 0.29) is 11.6 Å². The first-order valence-corrected chi connectivity index (χ1v) is 7.74. The highest BCUT2D eigenvalue weighted by Crippen LogP contribution is 2.17. The number of hydrogen-bond donors (Lipinski definition) is 2. The highest BCUT2D eigenvalue weighted by molar-refractivity contribution is 6.30. The third-order valence-corrected chi connectivity index (χ3v) is 3.44. The lowest BCUT2D eigenvalue weighted by molar-refractivity contribution is -0.128. The molecule has 0 saturated heterocycles. The van der Waals surface area contributed by atoms with Gasteiger partial charge in [0.1, 0.15) is 11.6 Å². The minimum Gasteiger partial charge on any atom is -0.483 e. The van der Waals surface area contributed by atoms with E-state index in [1.807, 2.05) is 19.1 Å². The van der Waals surface area contributed by atoms with E-state index in [9.17, 15) is 14.0 Å². The van der Waals surface area contributed by atoms with Crippen molar-refractivity contribution in [3.05, 3.63) is 70.5 Å². The summed E-state index contributed by atoms with van der Waals surface area (Å²) in [5, 5.41) is -0.0378. The number of para-hydroxylation sites is 1. The first-order chi connectivity index (χ1) is 12.0. The zero-order valence-corrected chi connectivity index (χ0v) is 14.1. The molecule has 0 aliphatic heterocycles. The fourth-order valence-corrected chi connectivity index (χ4v) is 2.05. The average molecular weight is 363 g/mol. The molecule has 0 heterocycles. The molecule has 2 aromatic rings. The van der Waals surface area contributed by atoms with E-state index in [4.69, 9.17) is 16.3 Å². The summed E-state index contributed by atoms with van der Waals surface area (Å²) in [6.45, 7) is 1.63. The Morgan fingerprint density at radius 1 is 1.20 bits per heavy atom. The second-order valence-corrected chi connectivity index (χ2v) is 5.51. The zero-order valence-electron chi connectivity index (χ0n) is 13.4. The highest BCUT2D eigenvalue weighted by atomic mass is 35.5. The van der Waals surface area contributed by atoms with Gasteiger partial charge in [-0.15, -0.1) is 0 Å². The highest BCUT2D eigenvalue weighted by Gasteiger charge is 2.05. The van der Waals surface area contributed by atoms with Gasteiger partial charge in [0.2, 0.25) is 0 Å². The monoisotopic (exact) mass is 362 g/mol. The van der Waals surface area contributed by atoms with Gasteiger partial charge in [0.25, 0.3) is 11.8 Å². The fraction of sp³-hybridized carbons (Fsp3) is 0.111. The summed E-state index contributed by atoms with van der Waals surface area (Å²) < 4.78 is 18.4. The molecule has 0 aliphatic carbocycles.